The summed E-state index contributed by atoms with van der Waals surface area (Å²) in [7, 11) is 0. The second kappa shape index (κ2) is 7.40. The zero-order valence-corrected chi connectivity index (χ0v) is 17.8. The lowest BCUT2D eigenvalue weighted by molar-refractivity contribution is -0.116. The molecule has 0 saturated carbocycles. The summed E-state index contributed by atoms with van der Waals surface area (Å²) < 4.78 is 0. The number of carbonyl (C=O) groups is 1. The molecule has 6 rings (SSSR count). The average Bonchev–Trinajstić information content (AvgIpc) is 3.28. The van der Waals surface area contributed by atoms with Crippen LogP contribution in [0.1, 0.15) is 35.2 Å². The molecule has 31 heavy (non-hydrogen) atoms. The number of ketones is 1. The Morgan fingerprint density at radius 3 is 2.48 bits per heavy atom. The monoisotopic (exact) mass is 422 g/mol. The molecule has 152 valence electrons. The summed E-state index contributed by atoms with van der Waals surface area (Å²) in [6, 6.07) is 27.1. The largest absolute Gasteiger partial charge is 0.372 e. The number of allylic oxidation sites excluding steroid dienone is 1. The van der Waals surface area contributed by atoms with Gasteiger partial charge in [-0.2, -0.15) is 0 Å². The first-order valence-electron chi connectivity index (χ1n) is 10.7. The molecule has 2 heterocycles. The van der Waals surface area contributed by atoms with E-state index in [1.54, 1.807) is 11.3 Å². The highest BCUT2D eigenvalue weighted by molar-refractivity contribution is 7.10. The van der Waals surface area contributed by atoms with Crippen molar-refractivity contribution >= 4 is 39.3 Å². The maximum Gasteiger partial charge on any atom is 0.163 e. The number of Topliss-reactive ketones (excluding diaryl/α,β-unsaturated/α-hetero) is 1. The smallest absolute Gasteiger partial charge is 0.163 e. The third-order valence-corrected chi connectivity index (χ3v) is 7.42. The summed E-state index contributed by atoms with van der Waals surface area (Å²) in [5.41, 5.74) is 5.12. The van der Waals surface area contributed by atoms with Crippen molar-refractivity contribution in [1.29, 1.82) is 0 Å². The molecule has 2 atom stereocenters. The van der Waals surface area contributed by atoms with Crippen LogP contribution in [-0.2, 0) is 4.79 Å². The van der Waals surface area contributed by atoms with Gasteiger partial charge in [0.1, 0.15) is 0 Å². The van der Waals surface area contributed by atoms with Crippen LogP contribution in [0.25, 0.3) is 10.8 Å². The van der Waals surface area contributed by atoms with Gasteiger partial charge in [-0.3, -0.25) is 4.79 Å². The number of nitrogens with one attached hydrogen (secondary N) is 2. The van der Waals surface area contributed by atoms with E-state index in [1.807, 2.05) is 12.1 Å². The second-order valence-electron chi connectivity index (χ2n) is 8.25. The van der Waals surface area contributed by atoms with E-state index in [-0.39, 0.29) is 17.7 Å². The second-order valence-corrected chi connectivity index (χ2v) is 9.23. The lowest BCUT2D eigenvalue weighted by atomic mass is 9.80. The first-order valence-corrected chi connectivity index (χ1v) is 11.6. The number of thiophene rings is 1. The number of rotatable bonds is 2. The number of anilines is 2. The van der Waals surface area contributed by atoms with Gasteiger partial charge in [0, 0.05) is 28.5 Å². The van der Waals surface area contributed by atoms with Gasteiger partial charge in [0.05, 0.1) is 17.4 Å². The molecule has 0 spiro atoms. The van der Waals surface area contributed by atoms with Crippen molar-refractivity contribution in [2.45, 2.75) is 24.8 Å². The third-order valence-electron chi connectivity index (χ3n) is 6.39. The Bertz CT molecular complexity index is 1320. The highest BCUT2D eigenvalue weighted by atomic mass is 32.1. The number of fused-ring (bicyclic) bond motifs is 2. The molecule has 0 radical (unpaired) electrons. The maximum absolute atomic E-state index is 13.6. The predicted molar refractivity (Wildman–Crippen MR) is 129 cm³/mol. The molecule has 0 fully saturated rings. The summed E-state index contributed by atoms with van der Waals surface area (Å²) in [6.45, 7) is 0. The van der Waals surface area contributed by atoms with Gasteiger partial charge in [-0.05, 0) is 46.3 Å². The maximum atomic E-state index is 13.6. The Morgan fingerprint density at radius 2 is 1.61 bits per heavy atom. The molecule has 2 aliphatic rings. The van der Waals surface area contributed by atoms with E-state index in [1.165, 1.54) is 15.6 Å². The number of para-hydroxylation sites is 2. The lowest BCUT2D eigenvalue weighted by Gasteiger charge is -2.29. The van der Waals surface area contributed by atoms with Crippen LogP contribution < -0.4 is 10.6 Å². The highest BCUT2D eigenvalue weighted by Gasteiger charge is 2.36. The third kappa shape index (κ3) is 3.15. The summed E-state index contributed by atoms with van der Waals surface area (Å²) in [5.74, 6) is 0.461. The minimum Gasteiger partial charge on any atom is -0.372 e. The molecule has 0 saturated heterocycles. The summed E-state index contributed by atoms with van der Waals surface area (Å²) in [5, 5.41) is 11.8. The van der Waals surface area contributed by atoms with E-state index >= 15 is 0 Å². The van der Waals surface area contributed by atoms with Gasteiger partial charge in [0.2, 0.25) is 0 Å². The Balaban J connectivity index is 1.54. The molecule has 0 bridgehead atoms. The van der Waals surface area contributed by atoms with Crippen LogP contribution >= 0.6 is 11.3 Å². The zero-order valence-electron chi connectivity index (χ0n) is 17.0. The quantitative estimate of drug-likeness (QED) is 0.370. The van der Waals surface area contributed by atoms with Crippen LogP contribution in [0.5, 0.6) is 0 Å². The SMILES string of the molecule is O=C1C[C@@H](c2cccs2)CC2=C1[C@H](c1cccc3ccccc13)Nc1ccccc1N2. The van der Waals surface area contributed by atoms with Gasteiger partial charge in [0.25, 0.3) is 0 Å². The molecular weight excluding hydrogens is 400 g/mol. The van der Waals surface area contributed by atoms with Gasteiger partial charge in [-0.1, -0.05) is 60.7 Å². The minimum absolute atomic E-state index is 0.186. The van der Waals surface area contributed by atoms with Gasteiger partial charge in [-0.15, -0.1) is 11.3 Å². The standard InChI is InChI=1S/C27H22N2OS/c30-24-16-18(25-13-6-14-31-25)15-23-26(24)27(29-22-12-4-3-11-21(22)28-23)20-10-5-8-17-7-1-2-9-19(17)20/h1-14,18,27-29H,15-16H2/t18-,27-/m0/s1. The normalized spacial score (nSPS) is 20.5. The van der Waals surface area contributed by atoms with Crippen LogP contribution in [0, 0.1) is 0 Å². The molecule has 4 heteroatoms. The molecule has 0 amide bonds. The van der Waals surface area contributed by atoms with Crippen molar-refractivity contribution in [2.24, 2.45) is 0 Å². The number of hydrogen-bond acceptors (Lipinski definition) is 4. The number of carbonyl (C=O) groups excluding carboxylic acids is 1. The van der Waals surface area contributed by atoms with Crippen LogP contribution in [0.2, 0.25) is 0 Å². The van der Waals surface area contributed by atoms with Crippen LogP contribution in [0.15, 0.2) is 95.5 Å². The van der Waals surface area contributed by atoms with Crippen molar-refractivity contribution < 1.29 is 4.79 Å². The van der Waals surface area contributed by atoms with E-state index in [9.17, 15) is 4.79 Å². The van der Waals surface area contributed by atoms with E-state index in [4.69, 9.17) is 0 Å². The summed E-state index contributed by atoms with van der Waals surface area (Å²) >= 11 is 1.74. The van der Waals surface area contributed by atoms with Crippen molar-refractivity contribution in [3.05, 3.63) is 106 Å². The Kier molecular flexibility index (Phi) is 4.39. The Morgan fingerprint density at radius 1 is 0.806 bits per heavy atom. The first-order chi connectivity index (χ1) is 15.3. The molecule has 0 unspecified atom stereocenters. The minimum atomic E-state index is -0.186. The number of hydrogen-bond donors (Lipinski definition) is 2. The van der Waals surface area contributed by atoms with E-state index in [0.29, 0.717) is 6.42 Å². The highest BCUT2D eigenvalue weighted by Crippen LogP contribution is 2.45. The van der Waals surface area contributed by atoms with Crippen molar-refractivity contribution in [1.82, 2.24) is 0 Å². The molecule has 3 nitrogen and oxygen atoms in total. The van der Waals surface area contributed by atoms with E-state index in [0.717, 1.165) is 34.6 Å². The van der Waals surface area contributed by atoms with Crippen molar-refractivity contribution in [3.8, 4) is 0 Å². The van der Waals surface area contributed by atoms with Gasteiger partial charge in [0.15, 0.2) is 5.78 Å². The van der Waals surface area contributed by atoms with Gasteiger partial charge >= 0.3 is 0 Å². The predicted octanol–water partition coefficient (Wildman–Crippen LogP) is 6.88. The molecular formula is C27H22N2OS. The van der Waals surface area contributed by atoms with Gasteiger partial charge < -0.3 is 10.6 Å². The van der Waals surface area contributed by atoms with Crippen molar-refractivity contribution in [3.63, 3.8) is 0 Å². The fourth-order valence-electron chi connectivity index (χ4n) is 4.95. The van der Waals surface area contributed by atoms with E-state index in [2.05, 4.69) is 82.7 Å². The fraction of sp³-hybridized carbons (Fsp3) is 0.148. The average molecular weight is 423 g/mol. The lowest BCUT2D eigenvalue weighted by Crippen LogP contribution is -2.26. The van der Waals surface area contributed by atoms with Crippen LogP contribution in [0.3, 0.4) is 0 Å². The van der Waals surface area contributed by atoms with E-state index < -0.39 is 0 Å². The topological polar surface area (TPSA) is 41.1 Å². The Labute approximate surface area is 185 Å². The molecule has 1 aliphatic heterocycles. The Hall–Kier alpha value is -3.37. The van der Waals surface area contributed by atoms with Crippen LogP contribution in [-0.4, -0.2) is 5.78 Å². The molecule has 3 aromatic carbocycles. The molecule has 4 aromatic rings. The summed E-state index contributed by atoms with van der Waals surface area (Å²) in [6.07, 6.45) is 1.40. The van der Waals surface area contributed by atoms with Crippen molar-refractivity contribution in [2.75, 3.05) is 10.6 Å². The fourth-order valence-corrected chi connectivity index (χ4v) is 5.78. The molecule has 2 N–H and O–H groups in total. The number of benzene rings is 3. The van der Waals surface area contributed by atoms with Gasteiger partial charge in [-0.25, -0.2) is 0 Å². The summed E-state index contributed by atoms with van der Waals surface area (Å²) in [4.78, 5) is 14.9. The molecule has 1 aliphatic carbocycles. The zero-order chi connectivity index (χ0) is 20.8. The van der Waals surface area contributed by atoms with Crippen LogP contribution in [0.4, 0.5) is 11.4 Å². The first kappa shape index (κ1) is 18.4. The molecule has 1 aromatic heterocycles.